The number of hydrogen-bond donors (Lipinski definition) is 1. The second-order valence-corrected chi connectivity index (χ2v) is 11.6. The first kappa shape index (κ1) is 33.5. The molecule has 1 aliphatic rings. The van der Waals surface area contributed by atoms with E-state index in [0.29, 0.717) is 28.3 Å². The van der Waals surface area contributed by atoms with Gasteiger partial charge in [0.15, 0.2) is 11.0 Å². The van der Waals surface area contributed by atoms with Crippen LogP contribution in [0, 0.1) is 6.92 Å². The Labute approximate surface area is 269 Å². The summed E-state index contributed by atoms with van der Waals surface area (Å²) in [6, 6.07) is 16.4. The molecule has 246 valence electrons. The van der Waals surface area contributed by atoms with Gasteiger partial charge in [-0.1, -0.05) is 62.0 Å². The van der Waals surface area contributed by atoms with Gasteiger partial charge in [-0.3, -0.25) is 14.5 Å². The van der Waals surface area contributed by atoms with Crippen molar-refractivity contribution in [3.63, 3.8) is 0 Å². The number of anilines is 1. The number of rotatable bonds is 9. The maximum Gasteiger partial charge on any atom is 0.499 e. The summed E-state index contributed by atoms with van der Waals surface area (Å²) in [5.41, 5.74) is 6.56. The highest BCUT2D eigenvalue weighted by atomic mass is 32.2. The number of urea groups is 1. The number of halogens is 5. The Bertz CT molecular complexity index is 1790. The fourth-order valence-corrected chi connectivity index (χ4v) is 5.31. The van der Waals surface area contributed by atoms with Gasteiger partial charge >= 0.3 is 18.3 Å². The molecule has 16 heteroatoms. The van der Waals surface area contributed by atoms with Gasteiger partial charge in [0.2, 0.25) is 5.91 Å². The molecule has 4 aromatic rings. The molecule has 0 saturated carbocycles. The number of hydrogen-bond acceptors (Lipinski definition) is 7. The Kier molecular flexibility index (Phi) is 9.63. The minimum Gasteiger partial charge on any atom is -0.426 e. The normalized spacial score (nSPS) is 14.7. The Balaban J connectivity index is 1.17. The predicted molar refractivity (Wildman–Crippen MR) is 164 cm³/mol. The number of ether oxygens (including phenoxy) is 1. The van der Waals surface area contributed by atoms with Crippen molar-refractivity contribution >= 4 is 34.6 Å². The third-order valence-corrected chi connectivity index (χ3v) is 7.71. The molecule has 47 heavy (non-hydrogen) atoms. The summed E-state index contributed by atoms with van der Waals surface area (Å²) < 4.78 is 68.5. The Morgan fingerprint density at radius 3 is 2.40 bits per heavy atom. The summed E-state index contributed by atoms with van der Waals surface area (Å²) in [4.78, 5) is 40.4. The van der Waals surface area contributed by atoms with Crippen LogP contribution in [0.2, 0.25) is 0 Å². The van der Waals surface area contributed by atoms with Crippen molar-refractivity contribution in [2.24, 2.45) is 4.99 Å². The molecule has 3 amide bonds. The third-order valence-electron chi connectivity index (χ3n) is 6.79. The molecule has 2 heterocycles. The van der Waals surface area contributed by atoms with Crippen LogP contribution in [-0.4, -0.2) is 49.9 Å². The fraction of sp³-hybridized carbons (Fsp3) is 0.258. The molecule has 5 rings (SSSR count). The second-order valence-electron chi connectivity index (χ2n) is 10.6. The van der Waals surface area contributed by atoms with E-state index in [1.807, 2.05) is 39.0 Å². The molecule has 3 aromatic carbocycles. The number of hydroxylamine groups is 1. The van der Waals surface area contributed by atoms with Gasteiger partial charge in [-0.25, -0.2) is 19.9 Å². The standard InChI is InChI=1S/C31H27F5N6O4S/c1-18(2)24-13-4-19(3)14-25(24)42-26(43)16-47-29(42)38-28(44)40-45-15-20-5-7-21(8-6-20)27-37-17-41(39-27)22-9-11-23(12-10-22)46-31(35,36)30(32,33)34/h4-14,17-18H,15-16H2,1-3H3,(H,40,44). The lowest BCUT2D eigenvalue weighted by Crippen LogP contribution is -2.41. The number of aryl methyl sites for hydroxylation is 1. The quantitative estimate of drug-likeness (QED) is 0.148. The van der Waals surface area contributed by atoms with E-state index in [1.165, 1.54) is 39.8 Å². The first-order chi connectivity index (χ1) is 22.2. The average Bonchev–Trinajstić information content (AvgIpc) is 3.64. The van der Waals surface area contributed by atoms with Crippen molar-refractivity contribution in [3.05, 3.63) is 89.7 Å². The number of alkyl halides is 5. The lowest BCUT2D eigenvalue weighted by Gasteiger charge is -2.22. The first-order valence-corrected chi connectivity index (χ1v) is 15.0. The van der Waals surface area contributed by atoms with Gasteiger partial charge < -0.3 is 4.74 Å². The van der Waals surface area contributed by atoms with Crippen molar-refractivity contribution < 1.29 is 41.1 Å². The van der Waals surface area contributed by atoms with Gasteiger partial charge in [-0.2, -0.15) is 26.9 Å². The van der Waals surface area contributed by atoms with Crippen LogP contribution < -0.4 is 15.1 Å². The zero-order valence-corrected chi connectivity index (χ0v) is 25.9. The van der Waals surface area contributed by atoms with E-state index in [0.717, 1.165) is 23.3 Å². The second kappa shape index (κ2) is 13.5. The molecule has 0 bridgehead atoms. The summed E-state index contributed by atoms with van der Waals surface area (Å²) in [5.74, 6) is -0.223. The predicted octanol–water partition coefficient (Wildman–Crippen LogP) is 7.18. The summed E-state index contributed by atoms with van der Waals surface area (Å²) in [6.45, 7) is 5.98. The van der Waals surface area contributed by atoms with Gasteiger partial charge in [0.1, 0.15) is 12.1 Å². The minimum atomic E-state index is -5.85. The summed E-state index contributed by atoms with van der Waals surface area (Å²) in [6.07, 6.45) is -9.83. The smallest absolute Gasteiger partial charge is 0.426 e. The molecule has 0 radical (unpaired) electrons. The molecule has 1 N–H and O–H groups in total. The summed E-state index contributed by atoms with van der Waals surface area (Å²) in [7, 11) is 0. The number of nitrogens with one attached hydrogen (secondary N) is 1. The number of nitrogens with zero attached hydrogens (tertiary/aromatic N) is 5. The Hall–Kier alpha value is -4.83. The molecule has 10 nitrogen and oxygen atoms in total. The maximum absolute atomic E-state index is 13.1. The number of amides is 3. The monoisotopic (exact) mass is 674 g/mol. The van der Waals surface area contributed by atoms with Crippen molar-refractivity contribution in [1.29, 1.82) is 0 Å². The molecule has 1 fully saturated rings. The third kappa shape index (κ3) is 7.77. The fourth-order valence-electron chi connectivity index (χ4n) is 4.45. The zero-order chi connectivity index (χ0) is 33.9. The summed E-state index contributed by atoms with van der Waals surface area (Å²) >= 11 is 1.17. The van der Waals surface area contributed by atoms with Gasteiger partial charge in [0.25, 0.3) is 0 Å². The summed E-state index contributed by atoms with van der Waals surface area (Å²) in [5, 5.41) is 4.57. The van der Waals surface area contributed by atoms with Crippen LogP contribution >= 0.6 is 11.8 Å². The highest BCUT2D eigenvalue weighted by Crippen LogP contribution is 2.37. The van der Waals surface area contributed by atoms with Crippen LogP contribution in [0.5, 0.6) is 5.75 Å². The SMILES string of the molecule is Cc1ccc(C(C)C)c(N2C(=O)CSC2=NC(=O)NOCc2ccc(-c3ncn(-c4ccc(OC(F)(F)C(F)(F)F)cc4)n3)cc2)c1. The van der Waals surface area contributed by atoms with Crippen LogP contribution in [0.4, 0.5) is 32.4 Å². The number of aromatic nitrogens is 3. The molecule has 1 aromatic heterocycles. The number of amidine groups is 1. The molecule has 1 aliphatic heterocycles. The highest BCUT2D eigenvalue weighted by Gasteiger charge is 2.61. The lowest BCUT2D eigenvalue weighted by molar-refractivity contribution is -0.360. The number of benzene rings is 3. The number of carbonyl (C=O) groups excluding carboxylic acids is 2. The van der Waals surface area contributed by atoms with Gasteiger partial charge in [0, 0.05) is 5.56 Å². The van der Waals surface area contributed by atoms with Crippen molar-refractivity contribution in [1.82, 2.24) is 20.2 Å². The van der Waals surface area contributed by atoms with Crippen LogP contribution in [-0.2, 0) is 16.2 Å². The van der Waals surface area contributed by atoms with E-state index in [4.69, 9.17) is 4.84 Å². The number of aliphatic imine (C=N–C) groups is 1. The van der Waals surface area contributed by atoms with Crippen LogP contribution in [0.25, 0.3) is 17.1 Å². The Morgan fingerprint density at radius 2 is 1.74 bits per heavy atom. The van der Waals surface area contributed by atoms with Crippen LogP contribution in [0.3, 0.4) is 0 Å². The first-order valence-electron chi connectivity index (χ1n) is 14.0. The van der Waals surface area contributed by atoms with Gasteiger partial charge in [-0.05, 0) is 59.9 Å². The highest BCUT2D eigenvalue weighted by molar-refractivity contribution is 8.15. The zero-order valence-electron chi connectivity index (χ0n) is 25.1. The number of carbonyl (C=O) groups is 2. The van der Waals surface area contributed by atoms with E-state index < -0.39 is 24.1 Å². The molecular weight excluding hydrogens is 647 g/mol. The van der Waals surface area contributed by atoms with Crippen LogP contribution in [0.15, 0.2) is 78.0 Å². The van der Waals surface area contributed by atoms with E-state index in [1.54, 1.807) is 24.3 Å². The number of thioether (sulfide) groups is 1. The molecule has 0 spiro atoms. The van der Waals surface area contributed by atoms with Gasteiger partial charge in [-0.15, -0.1) is 5.10 Å². The largest absolute Gasteiger partial charge is 0.499 e. The van der Waals surface area contributed by atoms with Crippen molar-refractivity contribution in [3.8, 4) is 22.8 Å². The lowest BCUT2D eigenvalue weighted by atomic mass is 9.99. The molecule has 0 aliphatic carbocycles. The molecule has 1 saturated heterocycles. The van der Waals surface area contributed by atoms with Crippen molar-refractivity contribution in [2.75, 3.05) is 10.7 Å². The average molecular weight is 675 g/mol. The van der Waals surface area contributed by atoms with E-state index in [2.05, 4.69) is 25.3 Å². The molecule has 0 atom stereocenters. The van der Waals surface area contributed by atoms with Crippen LogP contribution in [0.1, 0.15) is 36.5 Å². The molecular formula is C31H27F5N6O4S. The van der Waals surface area contributed by atoms with E-state index >= 15 is 0 Å². The maximum atomic E-state index is 13.1. The minimum absolute atomic E-state index is 0.00567. The molecule has 0 unspecified atom stereocenters. The van der Waals surface area contributed by atoms with Gasteiger partial charge in [0.05, 0.1) is 23.7 Å². The van der Waals surface area contributed by atoms with Crippen molar-refractivity contribution in [2.45, 2.75) is 45.6 Å². The van der Waals surface area contributed by atoms with E-state index in [9.17, 15) is 31.5 Å². The topological polar surface area (TPSA) is 111 Å². The Morgan fingerprint density at radius 1 is 1.04 bits per heavy atom. The van der Waals surface area contributed by atoms with E-state index in [-0.39, 0.29) is 29.4 Å².